The van der Waals surface area contributed by atoms with E-state index in [0.29, 0.717) is 19.3 Å². The van der Waals surface area contributed by atoms with Crippen molar-refractivity contribution in [2.75, 3.05) is 13.2 Å². The van der Waals surface area contributed by atoms with Crippen molar-refractivity contribution in [3.8, 4) is 0 Å². The van der Waals surface area contributed by atoms with Gasteiger partial charge in [0.15, 0.2) is 6.29 Å². The molecule has 0 aromatic carbocycles. The van der Waals surface area contributed by atoms with Gasteiger partial charge in [-0.2, -0.15) is 0 Å². The van der Waals surface area contributed by atoms with E-state index in [9.17, 15) is 40.5 Å². The molecule has 444 valence electrons. The Morgan fingerprint density at radius 3 is 1.19 bits per heavy atom. The Morgan fingerprint density at radius 2 is 0.800 bits per heavy atom. The third-order valence-corrected chi connectivity index (χ3v) is 15.7. The summed E-state index contributed by atoms with van der Waals surface area (Å²) in [7, 11) is 0. The van der Waals surface area contributed by atoms with Crippen LogP contribution < -0.4 is 5.32 Å². The molecule has 0 radical (unpaired) electrons. The molecule has 1 aliphatic rings. The molecule has 0 spiro atoms. The zero-order chi connectivity index (χ0) is 54.7. The highest BCUT2D eigenvalue weighted by Crippen LogP contribution is 2.24. The summed E-state index contributed by atoms with van der Waals surface area (Å²) in [5.74, 6) is -0.704. The Morgan fingerprint density at radius 1 is 0.453 bits per heavy atom. The molecule has 8 N–H and O–H groups in total. The second kappa shape index (κ2) is 53.2. The first-order valence-electron chi connectivity index (χ1n) is 32.2. The molecule has 0 aromatic rings. The Balaban J connectivity index is 2.28. The molecule has 1 fully saturated rings. The summed E-state index contributed by atoms with van der Waals surface area (Å²) >= 11 is 0. The van der Waals surface area contributed by atoms with E-state index in [1.807, 2.05) is 0 Å². The molecule has 9 unspecified atom stereocenters. The molecule has 9 atom stereocenters. The van der Waals surface area contributed by atoms with E-state index in [2.05, 4.69) is 43.5 Å². The molecular formula is C64H123NO10. The second-order valence-corrected chi connectivity index (χ2v) is 22.8. The molecule has 75 heavy (non-hydrogen) atoms. The number of unbranched alkanes of at least 4 members (excludes halogenated alkanes) is 40. The fourth-order valence-electron chi connectivity index (χ4n) is 10.5. The number of carbonyl (C=O) groups is 1. The summed E-state index contributed by atoms with van der Waals surface area (Å²) in [4.78, 5) is 13.2. The lowest BCUT2D eigenvalue weighted by Gasteiger charge is -2.40. The van der Waals surface area contributed by atoms with Gasteiger partial charge in [0.25, 0.3) is 0 Å². The van der Waals surface area contributed by atoms with Crippen molar-refractivity contribution in [3.63, 3.8) is 0 Å². The summed E-state index contributed by atoms with van der Waals surface area (Å²) in [6.45, 7) is 3.49. The number of allylic oxidation sites excluding steroid dienone is 4. The summed E-state index contributed by atoms with van der Waals surface area (Å²) in [6.07, 6.45) is 53.9. The molecule has 0 saturated carbocycles. The smallest absolute Gasteiger partial charge is 0.249 e. The maximum absolute atomic E-state index is 13.2. The fourth-order valence-corrected chi connectivity index (χ4v) is 10.5. The molecule has 11 nitrogen and oxygen atoms in total. The van der Waals surface area contributed by atoms with E-state index in [1.54, 1.807) is 0 Å². The van der Waals surface area contributed by atoms with Gasteiger partial charge in [-0.1, -0.05) is 282 Å². The number of rotatable bonds is 56. The molecule has 0 aromatic heterocycles. The zero-order valence-corrected chi connectivity index (χ0v) is 48.8. The van der Waals surface area contributed by atoms with Crippen LogP contribution in [-0.4, -0.2) is 110 Å². The van der Waals surface area contributed by atoms with Gasteiger partial charge in [-0.15, -0.1) is 0 Å². The van der Waals surface area contributed by atoms with Gasteiger partial charge in [0.2, 0.25) is 5.91 Å². The molecule has 1 amide bonds. The van der Waals surface area contributed by atoms with Gasteiger partial charge >= 0.3 is 0 Å². The number of amides is 1. The first-order valence-corrected chi connectivity index (χ1v) is 32.2. The van der Waals surface area contributed by atoms with Crippen molar-refractivity contribution < 1.29 is 50.0 Å². The van der Waals surface area contributed by atoms with Gasteiger partial charge in [0.1, 0.15) is 36.6 Å². The minimum atomic E-state index is -1.67. The Kier molecular flexibility index (Phi) is 50.8. The third-order valence-electron chi connectivity index (χ3n) is 15.7. The van der Waals surface area contributed by atoms with Crippen LogP contribution in [0.1, 0.15) is 309 Å². The van der Waals surface area contributed by atoms with Crippen molar-refractivity contribution in [3.05, 3.63) is 24.3 Å². The standard InChI is InChI=1S/C64H123NO10/c1-3-5-7-9-11-13-15-17-19-21-23-25-27-29-31-33-35-37-39-41-43-45-47-49-51-56(67)59(69)55(54-74-64-62(72)61(71)60(70)58(53-66)75-64)65-63(73)57(68)52-50-48-46-44-42-40-38-36-34-32-30-28-26-24-22-20-18-16-14-12-10-8-6-4-2/h35,37,43,45,55-62,64,66-72H,3-34,36,38-42,44,46-54H2,1-2H3,(H,65,73)/b37-35+,45-43+. The number of hydrogen-bond donors (Lipinski definition) is 8. The topological polar surface area (TPSA) is 189 Å². The van der Waals surface area contributed by atoms with Crippen molar-refractivity contribution >= 4 is 5.91 Å². The number of aliphatic hydroxyl groups is 7. The minimum Gasteiger partial charge on any atom is -0.394 e. The highest BCUT2D eigenvalue weighted by Gasteiger charge is 2.44. The van der Waals surface area contributed by atoms with Crippen LogP contribution in [-0.2, 0) is 14.3 Å². The van der Waals surface area contributed by atoms with E-state index < -0.39 is 74.2 Å². The van der Waals surface area contributed by atoms with Gasteiger partial charge in [-0.3, -0.25) is 4.79 Å². The van der Waals surface area contributed by atoms with E-state index >= 15 is 0 Å². The predicted octanol–water partition coefficient (Wildman–Crippen LogP) is 14.5. The Hall–Kier alpha value is -1.41. The molecule has 1 rings (SSSR count). The Labute approximate surface area is 461 Å². The highest BCUT2D eigenvalue weighted by molar-refractivity contribution is 5.80. The number of nitrogens with one attached hydrogen (secondary N) is 1. The fraction of sp³-hybridized carbons (Fsp3) is 0.922. The zero-order valence-electron chi connectivity index (χ0n) is 48.8. The normalized spacial score (nSPS) is 19.8. The first-order chi connectivity index (χ1) is 36.7. The molecule has 0 aliphatic carbocycles. The average molecular weight is 1070 g/mol. The number of carbonyl (C=O) groups excluding carboxylic acids is 1. The van der Waals surface area contributed by atoms with Crippen LogP contribution in [0.5, 0.6) is 0 Å². The van der Waals surface area contributed by atoms with Gasteiger partial charge < -0.3 is 50.5 Å². The van der Waals surface area contributed by atoms with Gasteiger partial charge in [-0.05, 0) is 51.4 Å². The quantitative estimate of drug-likeness (QED) is 0.0215. The van der Waals surface area contributed by atoms with Crippen LogP contribution in [0.25, 0.3) is 0 Å². The molecular weight excluding hydrogens is 943 g/mol. The minimum absolute atomic E-state index is 0.249. The van der Waals surface area contributed by atoms with Crippen LogP contribution in [0.15, 0.2) is 24.3 Å². The van der Waals surface area contributed by atoms with Crippen molar-refractivity contribution in [2.45, 2.75) is 364 Å². The van der Waals surface area contributed by atoms with Crippen LogP contribution in [0.2, 0.25) is 0 Å². The lowest BCUT2D eigenvalue weighted by Crippen LogP contribution is -2.60. The maximum Gasteiger partial charge on any atom is 0.249 e. The first kappa shape index (κ1) is 71.6. The largest absolute Gasteiger partial charge is 0.394 e. The molecule has 11 heteroatoms. The molecule has 1 aliphatic heterocycles. The summed E-state index contributed by atoms with van der Waals surface area (Å²) in [6, 6.07) is -1.19. The Bertz CT molecular complexity index is 1270. The lowest BCUT2D eigenvalue weighted by molar-refractivity contribution is -0.303. The maximum atomic E-state index is 13.2. The SMILES string of the molecule is CCCCCCCCCCCCCCCCC/C=C/CC/C=C/CCCC(O)C(O)C(COC1OC(CO)C(O)C(O)C1O)NC(=O)C(O)CCCCCCCCCCCCCCCCCCCCCCCCCC. The van der Waals surface area contributed by atoms with Crippen LogP contribution in [0.4, 0.5) is 0 Å². The molecule has 1 saturated heterocycles. The van der Waals surface area contributed by atoms with Gasteiger partial charge in [0.05, 0.1) is 25.4 Å². The van der Waals surface area contributed by atoms with Crippen molar-refractivity contribution in [1.82, 2.24) is 5.32 Å². The highest BCUT2D eigenvalue weighted by atomic mass is 16.7. The summed E-state index contributed by atoms with van der Waals surface area (Å²) < 4.78 is 11.2. The lowest BCUT2D eigenvalue weighted by atomic mass is 9.98. The summed E-state index contributed by atoms with van der Waals surface area (Å²) in [5.41, 5.74) is 0. The van der Waals surface area contributed by atoms with Gasteiger partial charge in [0, 0.05) is 0 Å². The van der Waals surface area contributed by atoms with E-state index in [1.165, 1.54) is 225 Å². The van der Waals surface area contributed by atoms with Crippen LogP contribution >= 0.6 is 0 Å². The summed E-state index contributed by atoms with van der Waals surface area (Å²) in [5, 5.41) is 76.3. The predicted molar refractivity (Wildman–Crippen MR) is 312 cm³/mol. The van der Waals surface area contributed by atoms with Crippen molar-refractivity contribution in [1.29, 1.82) is 0 Å². The number of ether oxygens (including phenoxy) is 2. The number of aliphatic hydroxyl groups excluding tert-OH is 7. The van der Waals surface area contributed by atoms with Crippen molar-refractivity contribution in [2.24, 2.45) is 0 Å². The second-order valence-electron chi connectivity index (χ2n) is 22.8. The van der Waals surface area contributed by atoms with E-state index in [-0.39, 0.29) is 12.8 Å². The van der Waals surface area contributed by atoms with Crippen LogP contribution in [0, 0.1) is 0 Å². The third kappa shape index (κ3) is 41.3. The number of hydrogen-bond acceptors (Lipinski definition) is 10. The van der Waals surface area contributed by atoms with Gasteiger partial charge in [-0.25, -0.2) is 0 Å². The average Bonchev–Trinajstić information content (AvgIpc) is 3.41. The van der Waals surface area contributed by atoms with E-state index in [0.717, 1.165) is 38.5 Å². The molecule has 0 bridgehead atoms. The monoisotopic (exact) mass is 1070 g/mol. The van der Waals surface area contributed by atoms with Crippen LogP contribution in [0.3, 0.4) is 0 Å². The van der Waals surface area contributed by atoms with E-state index in [4.69, 9.17) is 9.47 Å². The molecule has 1 heterocycles.